The van der Waals surface area contributed by atoms with Crippen LogP contribution in [0.15, 0.2) is 120 Å². The molecule has 3 heterocycles. The van der Waals surface area contributed by atoms with Crippen LogP contribution in [-0.4, -0.2) is 174 Å². The standard InChI is InChI=1S/C54H67N10O22P3S3/c1-54(2,29-82-89(75,76)86-88(73,74)81-28-41-47(84-87(70,71)72)46(66)52(83-41)64-31-60-45-49(55)58-30-59-50(45)64)48(67)51(68)57-24-23-44(65)56-25-26-90-53(69)38(61-91(77,78)42-17-9-11-34-36(42)13-7-15-39(34)62(3)4)27-32-19-21-33(22-20-32)85-92(79,80)43-18-10-12-35-37(43)14-8-16-40(35)63(5)6/h7-22,30-31,38,41,46-48,52,61,66-67H,23-29H2,1-6H3,(H,56,65)(H,57,68)(H,73,74)(H,75,76)(H2,55,58,59)(H2,70,71,72). The van der Waals surface area contributed by atoms with Crippen molar-refractivity contribution >= 4 is 122 Å². The minimum Gasteiger partial charge on any atom is -0.386 e. The Balaban J connectivity index is 0.825. The summed E-state index contributed by atoms with van der Waals surface area (Å²) in [6, 6.07) is 24.4. The van der Waals surface area contributed by atoms with Crippen molar-refractivity contribution in [1.82, 2.24) is 34.9 Å². The molecule has 5 aromatic carbocycles. The summed E-state index contributed by atoms with van der Waals surface area (Å²) in [6.07, 6.45) is -7.66. The second-order valence-electron chi connectivity index (χ2n) is 21.8. The predicted octanol–water partition coefficient (Wildman–Crippen LogP) is 3.46. The van der Waals surface area contributed by atoms with E-state index in [1.54, 1.807) is 48.5 Å². The Morgan fingerprint density at radius 2 is 1.37 bits per heavy atom. The molecular formula is C54H67N10O22P3S3. The number of nitrogen functional groups attached to an aromatic ring is 1. The molecule has 8 atom stereocenters. The van der Waals surface area contributed by atoms with Crippen molar-refractivity contribution in [2.75, 3.05) is 75.8 Å². The number of hydrogen-bond acceptors (Lipinski definition) is 25. The van der Waals surface area contributed by atoms with Crippen LogP contribution in [-0.2, 0) is 77.3 Å². The van der Waals surface area contributed by atoms with Crippen molar-refractivity contribution in [3.8, 4) is 5.75 Å². The monoisotopic (exact) mass is 1400 g/mol. The quantitative estimate of drug-likeness (QED) is 0.0175. The van der Waals surface area contributed by atoms with Crippen molar-refractivity contribution in [2.45, 2.75) is 73.2 Å². The molecule has 1 aliphatic rings. The number of nitrogens with zero attached hydrogens (tertiary/aromatic N) is 6. The first-order valence-corrected chi connectivity index (χ1v) is 36.0. The molecule has 11 N–H and O–H groups in total. The Hall–Kier alpha value is -6.56. The number of benzene rings is 5. The van der Waals surface area contributed by atoms with Gasteiger partial charge in [-0.05, 0) is 48.4 Å². The summed E-state index contributed by atoms with van der Waals surface area (Å²) in [7, 11) is -18.2. The maximum absolute atomic E-state index is 14.3. The Labute approximate surface area is 531 Å². The van der Waals surface area contributed by atoms with Crippen LogP contribution in [0.4, 0.5) is 17.2 Å². The number of aliphatic hydroxyl groups is 2. The first-order chi connectivity index (χ1) is 43.1. The van der Waals surface area contributed by atoms with E-state index in [0.717, 1.165) is 28.6 Å². The lowest BCUT2D eigenvalue weighted by molar-refractivity contribution is -0.137. The molecule has 498 valence electrons. The number of phosphoric acid groups is 3. The summed E-state index contributed by atoms with van der Waals surface area (Å²) < 4.78 is 127. The maximum atomic E-state index is 14.3. The molecule has 38 heteroatoms. The van der Waals surface area contributed by atoms with E-state index >= 15 is 0 Å². The minimum absolute atomic E-state index is 0.000484. The van der Waals surface area contributed by atoms with E-state index in [9.17, 15) is 74.7 Å². The summed E-state index contributed by atoms with van der Waals surface area (Å²) in [5.41, 5.74) is 6.09. The van der Waals surface area contributed by atoms with Crippen LogP contribution >= 0.6 is 35.2 Å². The fraction of sp³-hybridized carbons (Fsp3) is 0.370. The summed E-state index contributed by atoms with van der Waals surface area (Å²) in [5, 5.41) is 28.3. The van der Waals surface area contributed by atoms with Gasteiger partial charge in [0.05, 0.1) is 30.5 Å². The normalized spacial score (nSPS) is 18.4. The number of anilines is 3. The number of aliphatic hydroxyl groups excluding tert-OH is 2. The van der Waals surface area contributed by atoms with E-state index in [2.05, 4.69) is 39.1 Å². The molecule has 1 fully saturated rings. The lowest BCUT2D eigenvalue weighted by Crippen LogP contribution is -2.46. The van der Waals surface area contributed by atoms with Gasteiger partial charge in [0.1, 0.15) is 46.9 Å². The lowest BCUT2D eigenvalue weighted by atomic mass is 9.87. The molecule has 1 aliphatic heterocycles. The van der Waals surface area contributed by atoms with Crippen LogP contribution in [0.25, 0.3) is 32.7 Å². The maximum Gasteiger partial charge on any atom is 0.481 e. The molecule has 0 bridgehead atoms. The van der Waals surface area contributed by atoms with Gasteiger partial charge in [0, 0.05) is 91.8 Å². The number of phosphoric ester groups is 3. The van der Waals surface area contributed by atoms with E-state index in [0.29, 0.717) is 38.9 Å². The van der Waals surface area contributed by atoms with Crippen molar-refractivity contribution in [1.29, 1.82) is 0 Å². The van der Waals surface area contributed by atoms with Crippen LogP contribution in [0.5, 0.6) is 5.75 Å². The van der Waals surface area contributed by atoms with Gasteiger partial charge >= 0.3 is 33.6 Å². The van der Waals surface area contributed by atoms with Crippen molar-refractivity contribution in [3.63, 3.8) is 0 Å². The third-order valence-electron chi connectivity index (χ3n) is 14.1. The van der Waals surface area contributed by atoms with Gasteiger partial charge in [0.25, 0.3) is 0 Å². The Morgan fingerprint density at radius 1 is 0.783 bits per heavy atom. The summed E-state index contributed by atoms with van der Waals surface area (Å²) >= 11 is 0.715. The summed E-state index contributed by atoms with van der Waals surface area (Å²) in [5.74, 6) is -1.87. The van der Waals surface area contributed by atoms with Gasteiger partial charge in [-0.1, -0.05) is 86.3 Å². The average molecular weight is 1400 g/mol. The third kappa shape index (κ3) is 17.6. The number of nitrogens with one attached hydrogen (secondary N) is 3. The highest BCUT2D eigenvalue weighted by Crippen LogP contribution is 2.61. The van der Waals surface area contributed by atoms with E-state index in [1.165, 1.54) is 50.2 Å². The molecule has 8 unspecified atom stereocenters. The summed E-state index contributed by atoms with van der Waals surface area (Å²) in [6.45, 7) is -0.216. The van der Waals surface area contributed by atoms with Gasteiger partial charge in [-0.3, -0.25) is 32.5 Å². The Morgan fingerprint density at radius 3 is 1.99 bits per heavy atom. The highest BCUT2D eigenvalue weighted by Gasteiger charge is 2.50. The van der Waals surface area contributed by atoms with Gasteiger partial charge in [0.15, 0.2) is 17.7 Å². The topological polar surface area (TPSA) is 460 Å². The number of hydrogen-bond donors (Lipinski definition) is 10. The van der Waals surface area contributed by atoms with E-state index in [4.69, 9.17) is 23.7 Å². The van der Waals surface area contributed by atoms with Crippen molar-refractivity contribution in [2.24, 2.45) is 5.41 Å². The number of imidazole rings is 1. The number of amides is 2. The number of rotatable bonds is 30. The van der Waals surface area contributed by atoms with Gasteiger partial charge in [-0.25, -0.2) is 37.1 Å². The van der Waals surface area contributed by atoms with E-state index < -0.39 is 116 Å². The molecule has 8 rings (SSSR count). The van der Waals surface area contributed by atoms with Gasteiger partial charge in [0.2, 0.25) is 27.0 Å². The molecule has 0 aliphatic carbocycles. The minimum atomic E-state index is -5.67. The molecule has 0 saturated carbocycles. The number of carbonyl (C=O) groups excluding carboxylic acids is 3. The third-order valence-corrected chi connectivity index (χ3v) is 21.1. The van der Waals surface area contributed by atoms with Crippen LogP contribution in [0.2, 0.25) is 0 Å². The second kappa shape index (κ2) is 29.0. The highest BCUT2D eigenvalue weighted by atomic mass is 32.2. The number of fused-ring (bicyclic) bond motifs is 3. The lowest BCUT2D eigenvalue weighted by Gasteiger charge is -2.30. The zero-order valence-electron chi connectivity index (χ0n) is 49.8. The first-order valence-electron chi connectivity index (χ1n) is 27.6. The molecular weight excluding hydrogens is 1330 g/mol. The van der Waals surface area contributed by atoms with E-state index in [1.807, 2.05) is 50.1 Å². The zero-order chi connectivity index (χ0) is 67.3. The number of carbonyl (C=O) groups is 3. The van der Waals surface area contributed by atoms with Crippen molar-refractivity contribution < 1.29 is 102 Å². The molecule has 92 heavy (non-hydrogen) atoms. The number of aromatic nitrogens is 4. The first kappa shape index (κ1) is 71.3. The van der Waals surface area contributed by atoms with Gasteiger partial charge in [-0.15, -0.1) is 0 Å². The number of nitrogens with two attached hydrogens (primary N) is 1. The molecule has 2 amide bonds. The second-order valence-corrected chi connectivity index (χ2v) is 30.4. The van der Waals surface area contributed by atoms with Crippen LogP contribution < -0.4 is 35.1 Å². The predicted molar refractivity (Wildman–Crippen MR) is 336 cm³/mol. The largest absolute Gasteiger partial charge is 0.481 e. The smallest absolute Gasteiger partial charge is 0.386 e. The molecule has 1 saturated heterocycles. The fourth-order valence-corrected chi connectivity index (χ4v) is 15.9. The van der Waals surface area contributed by atoms with E-state index in [-0.39, 0.29) is 64.2 Å². The summed E-state index contributed by atoms with van der Waals surface area (Å²) in [4.78, 5) is 95.2. The molecule has 0 radical (unpaired) electrons. The van der Waals surface area contributed by atoms with Crippen molar-refractivity contribution in [3.05, 3.63) is 115 Å². The van der Waals surface area contributed by atoms with Crippen LogP contribution in [0, 0.1) is 5.41 Å². The Bertz CT molecular complexity index is 4260. The van der Waals surface area contributed by atoms with Crippen LogP contribution in [0.3, 0.4) is 0 Å². The molecule has 7 aromatic rings. The van der Waals surface area contributed by atoms with Gasteiger partial charge in [-0.2, -0.15) is 17.5 Å². The fourth-order valence-electron chi connectivity index (χ4n) is 9.66. The average Bonchev–Trinajstić information content (AvgIpc) is 0.825. The number of ether oxygens (including phenoxy) is 1. The molecule has 32 nitrogen and oxygen atoms in total. The zero-order valence-corrected chi connectivity index (χ0v) is 55.0. The van der Waals surface area contributed by atoms with Gasteiger partial charge < -0.3 is 64.9 Å². The number of sulfonamides is 1. The highest BCUT2D eigenvalue weighted by molar-refractivity contribution is 8.13. The SMILES string of the molecule is CN(C)c1cccc2c(S(=O)(=O)NC(Cc3ccc(OS(=O)(=O)c4cccc5c(N(C)C)cccc45)cc3)C(=O)SCCNC(=O)CCNC(=O)C(O)C(C)(C)COP(=O)(O)OP(=O)(O)OCC3OC(n4cnc5c(N)ncnc54)C(O)C3OP(=O)(O)O)cccc12. The Kier molecular flexibility index (Phi) is 22.5. The molecule has 0 spiro atoms. The van der Waals surface area contributed by atoms with Crippen LogP contribution in [0.1, 0.15) is 32.1 Å². The number of thioether (sulfide) groups is 1. The molecule has 2 aromatic heterocycles.